The molecular weight excluding hydrogens is 296 g/mol. The number of rotatable bonds is 7. The van der Waals surface area contributed by atoms with E-state index in [-0.39, 0.29) is 17.3 Å². The third kappa shape index (κ3) is 5.61. The third-order valence-corrected chi connectivity index (χ3v) is 4.17. The van der Waals surface area contributed by atoms with Crippen molar-refractivity contribution < 1.29 is 9.53 Å². The normalized spacial score (nSPS) is 12.8. The number of benzene rings is 2. The van der Waals surface area contributed by atoms with Crippen LogP contribution in [-0.2, 0) is 21.4 Å². The second kappa shape index (κ2) is 8.25. The van der Waals surface area contributed by atoms with Crippen molar-refractivity contribution in [2.75, 3.05) is 6.61 Å². The number of carbonyl (C=O) groups is 1. The van der Waals surface area contributed by atoms with E-state index < -0.39 is 0 Å². The summed E-state index contributed by atoms with van der Waals surface area (Å²) < 4.78 is 6.05. The molecule has 2 heteroatoms. The highest BCUT2D eigenvalue weighted by atomic mass is 16.5. The van der Waals surface area contributed by atoms with E-state index in [4.69, 9.17) is 4.74 Å². The summed E-state index contributed by atoms with van der Waals surface area (Å²) in [7, 11) is 0. The number of hydrogen-bond donors (Lipinski definition) is 0. The number of ketones is 1. The van der Waals surface area contributed by atoms with Gasteiger partial charge in [0, 0.05) is 6.42 Å². The molecule has 2 aromatic carbocycles. The lowest BCUT2D eigenvalue weighted by atomic mass is 9.86. The lowest BCUT2D eigenvalue weighted by Gasteiger charge is -2.21. The fourth-order valence-corrected chi connectivity index (χ4v) is 2.70. The summed E-state index contributed by atoms with van der Waals surface area (Å²) in [6.45, 7) is 8.84. The summed E-state index contributed by atoms with van der Waals surface area (Å²) in [5.41, 5.74) is 3.74. The van der Waals surface area contributed by atoms with Crippen LogP contribution in [-0.4, -0.2) is 12.4 Å². The molecule has 0 fully saturated rings. The largest absolute Gasteiger partial charge is 0.373 e. The van der Waals surface area contributed by atoms with Crippen LogP contribution in [0.3, 0.4) is 0 Å². The van der Waals surface area contributed by atoms with Crippen molar-refractivity contribution in [3.63, 3.8) is 0 Å². The van der Waals surface area contributed by atoms with Gasteiger partial charge in [0.25, 0.3) is 0 Å². The molecule has 2 nitrogen and oxygen atoms in total. The molecule has 0 saturated carbocycles. The first kappa shape index (κ1) is 18.4. The molecule has 2 rings (SSSR count). The number of carbonyl (C=O) groups excluding carboxylic acids is 1. The van der Waals surface area contributed by atoms with Crippen LogP contribution in [0.25, 0.3) is 0 Å². The van der Waals surface area contributed by atoms with E-state index in [1.54, 1.807) is 6.92 Å². The number of ether oxygens (including phenoxy) is 1. The zero-order valence-electron chi connectivity index (χ0n) is 15.2. The second-order valence-corrected chi connectivity index (χ2v) is 7.37. The summed E-state index contributed by atoms with van der Waals surface area (Å²) >= 11 is 0. The lowest BCUT2D eigenvalue weighted by Crippen LogP contribution is -2.13. The molecule has 1 unspecified atom stereocenters. The Labute approximate surface area is 145 Å². The molecule has 1 atom stereocenters. The maximum absolute atomic E-state index is 11.6. The Morgan fingerprint density at radius 3 is 2.17 bits per heavy atom. The van der Waals surface area contributed by atoms with E-state index in [0.29, 0.717) is 13.0 Å². The molecule has 0 amide bonds. The third-order valence-electron chi connectivity index (χ3n) is 4.17. The summed E-state index contributed by atoms with van der Waals surface area (Å²) in [4.78, 5) is 11.6. The SMILES string of the molecule is CC(=O)CC(OCCc1ccccc1)c1ccc(C(C)(C)C)cc1. The molecule has 0 aliphatic carbocycles. The molecule has 0 N–H and O–H groups in total. The van der Waals surface area contributed by atoms with Crippen LogP contribution in [0, 0.1) is 0 Å². The Morgan fingerprint density at radius 2 is 1.62 bits per heavy atom. The lowest BCUT2D eigenvalue weighted by molar-refractivity contribution is -0.120. The van der Waals surface area contributed by atoms with Crippen molar-refractivity contribution in [2.45, 2.75) is 52.1 Å². The van der Waals surface area contributed by atoms with Gasteiger partial charge in [-0.1, -0.05) is 75.4 Å². The Morgan fingerprint density at radius 1 is 1.00 bits per heavy atom. The van der Waals surface area contributed by atoms with E-state index in [2.05, 4.69) is 57.2 Å². The Hall–Kier alpha value is -1.93. The first-order valence-corrected chi connectivity index (χ1v) is 8.61. The van der Waals surface area contributed by atoms with E-state index in [1.807, 2.05) is 18.2 Å². The van der Waals surface area contributed by atoms with Crippen LogP contribution in [0.1, 0.15) is 56.9 Å². The Bertz CT molecular complexity index is 636. The van der Waals surface area contributed by atoms with Gasteiger partial charge in [-0.25, -0.2) is 0 Å². The molecule has 24 heavy (non-hydrogen) atoms. The molecule has 0 bridgehead atoms. The Balaban J connectivity index is 2.03. The molecular formula is C22H28O2. The van der Waals surface area contributed by atoms with Crippen LogP contribution in [0.2, 0.25) is 0 Å². The van der Waals surface area contributed by atoms with Gasteiger partial charge in [0.05, 0.1) is 12.7 Å². The predicted octanol–water partition coefficient (Wildman–Crippen LogP) is 5.26. The van der Waals surface area contributed by atoms with E-state index in [1.165, 1.54) is 11.1 Å². The van der Waals surface area contributed by atoms with E-state index in [9.17, 15) is 4.79 Å². The summed E-state index contributed by atoms with van der Waals surface area (Å²) in [6.07, 6.45) is 1.11. The molecule has 2 aromatic rings. The minimum atomic E-state index is -0.166. The van der Waals surface area contributed by atoms with Gasteiger partial charge in [-0.05, 0) is 35.4 Å². The molecule has 0 aromatic heterocycles. The Kier molecular flexibility index (Phi) is 6.33. The highest BCUT2D eigenvalue weighted by Crippen LogP contribution is 2.27. The maximum Gasteiger partial charge on any atom is 0.132 e. The topological polar surface area (TPSA) is 26.3 Å². The fourth-order valence-electron chi connectivity index (χ4n) is 2.70. The van der Waals surface area contributed by atoms with Crippen molar-refractivity contribution >= 4 is 5.78 Å². The maximum atomic E-state index is 11.6. The number of Topliss-reactive ketones (excluding diaryl/α,β-unsaturated/α-hetero) is 1. The van der Waals surface area contributed by atoms with Gasteiger partial charge in [-0.2, -0.15) is 0 Å². The minimum absolute atomic E-state index is 0.128. The minimum Gasteiger partial charge on any atom is -0.373 e. The number of hydrogen-bond acceptors (Lipinski definition) is 2. The first-order valence-electron chi connectivity index (χ1n) is 8.61. The van der Waals surface area contributed by atoms with Gasteiger partial charge in [0.15, 0.2) is 0 Å². The molecule has 0 aliphatic heterocycles. The van der Waals surface area contributed by atoms with Crippen molar-refractivity contribution in [2.24, 2.45) is 0 Å². The van der Waals surface area contributed by atoms with Crippen molar-refractivity contribution in [3.05, 3.63) is 71.3 Å². The van der Waals surface area contributed by atoms with Crippen molar-refractivity contribution in [1.29, 1.82) is 0 Å². The van der Waals surface area contributed by atoms with Gasteiger partial charge in [-0.15, -0.1) is 0 Å². The summed E-state index contributed by atoms with van der Waals surface area (Å²) in [5, 5.41) is 0. The van der Waals surface area contributed by atoms with Gasteiger partial charge in [-0.3, -0.25) is 4.79 Å². The van der Waals surface area contributed by atoms with Crippen LogP contribution in [0.5, 0.6) is 0 Å². The van der Waals surface area contributed by atoms with Gasteiger partial charge in [0.2, 0.25) is 0 Å². The van der Waals surface area contributed by atoms with Crippen molar-refractivity contribution in [1.82, 2.24) is 0 Å². The zero-order chi connectivity index (χ0) is 17.6. The van der Waals surface area contributed by atoms with Crippen LogP contribution >= 0.6 is 0 Å². The summed E-state index contributed by atoms with van der Waals surface area (Å²) in [6, 6.07) is 18.8. The molecule has 0 radical (unpaired) electrons. The quantitative estimate of drug-likeness (QED) is 0.694. The van der Waals surface area contributed by atoms with Gasteiger partial charge in [0.1, 0.15) is 5.78 Å². The smallest absolute Gasteiger partial charge is 0.132 e. The average molecular weight is 324 g/mol. The fraction of sp³-hybridized carbons (Fsp3) is 0.409. The molecule has 0 spiro atoms. The summed E-state index contributed by atoms with van der Waals surface area (Å²) in [5.74, 6) is 0.152. The van der Waals surface area contributed by atoms with Crippen LogP contribution in [0.4, 0.5) is 0 Å². The molecule has 128 valence electrons. The second-order valence-electron chi connectivity index (χ2n) is 7.37. The molecule has 0 saturated heterocycles. The highest BCUT2D eigenvalue weighted by Gasteiger charge is 2.17. The zero-order valence-corrected chi connectivity index (χ0v) is 15.2. The monoisotopic (exact) mass is 324 g/mol. The molecule has 0 heterocycles. The highest BCUT2D eigenvalue weighted by molar-refractivity contribution is 5.76. The predicted molar refractivity (Wildman–Crippen MR) is 99.3 cm³/mol. The molecule has 0 aliphatic rings. The first-order chi connectivity index (χ1) is 11.4. The average Bonchev–Trinajstić information content (AvgIpc) is 2.54. The standard InChI is InChI=1S/C22H28O2/c1-17(23)16-21(24-15-14-18-8-6-5-7-9-18)19-10-12-20(13-11-19)22(2,3)4/h5-13,21H,14-16H2,1-4H3. The van der Waals surface area contributed by atoms with E-state index >= 15 is 0 Å². The van der Waals surface area contributed by atoms with Crippen LogP contribution in [0.15, 0.2) is 54.6 Å². The van der Waals surface area contributed by atoms with Gasteiger partial charge < -0.3 is 4.74 Å². The van der Waals surface area contributed by atoms with Gasteiger partial charge >= 0.3 is 0 Å². The van der Waals surface area contributed by atoms with E-state index in [0.717, 1.165) is 12.0 Å². The van der Waals surface area contributed by atoms with Crippen LogP contribution < -0.4 is 0 Å². The van der Waals surface area contributed by atoms with Crippen molar-refractivity contribution in [3.8, 4) is 0 Å².